The van der Waals surface area contributed by atoms with Gasteiger partial charge in [-0.25, -0.2) is 0 Å². The van der Waals surface area contributed by atoms with Crippen LogP contribution in [0.4, 0.5) is 0 Å². The van der Waals surface area contributed by atoms with Crippen molar-refractivity contribution >= 4 is 0 Å². The van der Waals surface area contributed by atoms with Crippen molar-refractivity contribution in [1.82, 2.24) is 4.90 Å². The third kappa shape index (κ3) is 2.41. The second-order valence-corrected chi connectivity index (χ2v) is 6.24. The number of likely N-dealkylation sites (tertiary alicyclic amines) is 1. The fraction of sp³-hybridized carbons (Fsp3) is 1.00. The summed E-state index contributed by atoms with van der Waals surface area (Å²) in [4.78, 5) is 2.61. The van der Waals surface area contributed by atoms with Crippen LogP contribution in [0.3, 0.4) is 0 Å². The molecule has 0 radical (unpaired) electrons. The summed E-state index contributed by atoms with van der Waals surface area (Å²) in [6.07, 6.45) is 5.04. The molecular formula is C13H26N2O. The predicted octanol–water partition coefficient (Wildman–Crippen LogP) is 1.62. The summed E-state index contributed by atoms with van der Waals surface area (Å²) in [6, 6.07) is 0. The average molecular weight is 226 g/mol. The van der Waals surface area contributed by atoms with Crippen LogP contribution in [-0.4, -0.2) is 43.3 Å². The topological polar surface area (TPSA) is 38.5 Å². The molecule has 94 valence electrons. The van der Waals surface area contributed by atoms with Gasteiger partial charge in [-0.15, -0.1) is 0 Å². The lowest BCUT2D eigenvalue weighted by atomic mass is 9.85. The minimum Gasteiger partial charge on any atom is -0.379 e. The van der Waals surface area contributed by atoms with Crippen LogP contribution < -0.4 is 5.73 Å². The fourth-order valence-corrected chi connectivity index (χ4v) is 3.03. The van der Waals surface area contributed by atoms with E-state index < -0.39 is 0 Å². The Kier molecular flexibility index (Phi) is 3.57. The summed E-state index contributed by atoms with van der Waals surface area (Å²) < 4.78 is 5.58. The van der Waals surface area contributed by atoms with Gasteiger partial charge in [0.15, 0.2) is 0 Å². The Labute approximate surface area is 99.3 Å². The number of hydrogen-bond donors (Lipinski definition) is 1. The SMILES string of the molecule is CC1(C)CCCN(C2(CN)CCOC2)CC1. The molecule has 2 rings (SSSR count). The summed E-state index contributed by atoms with van der Waals surface area (Å²) in [5, 5.41) is 0. The monoisotopic (exact) mass is 226 g/mol. The van der Waals surface area contributed by atoms with Crippen LogP contribution >= 0.6 is 0 Å². The zero-order valence-corrected chi connectivity index (χ0v) is 10.8. The van der Waals surface area contributed by atoms with Crippen molar-refractivity contribution in [3.63, 3.8) is 0 Å². The van der Waals surface area contributed by atoms with E-state index in [0.29, 0.717) is 5.41 Å². The van der Waals surface area contributed by atoms with Crippen molar-refractivity contribution in [1.29, 1.82) is 0 Å². The molecular weight excluding hydrogens is 200 g/mol. The highest BCUT2D eigenvalue weighted by atomic mass is 16.5. The molecule has 0 saturated carbocycles. The van der Waals surface area contributed by atoms with E-state index in [1.807, 2.05) is 0 Å². The predicted molar refractivity (Wildman–Crippen MR) is 66.4 cm³/mol. The summed E-state index contributed by atoms with van der Waals surface area (Å²) in [7, 11) is 0. The molecule has 2 N–H and O–H groups in total. The maximum atomic E-state index is 6.00. The van der Waals surface area contributed by atoms with Gasteiger partial charge in [0, 0.05) is 13.2 Å². The van der Waals surface area contributed by atoms with Crippen LogP contribution in [0.2, 0.25) is 0 Å². The maximum Gasteiger partial charge on any atom is 0.0663 e. The smallest absolute Gasteiger partial charge is 0.0663 e. The Balaban J connectivity index is 2.03. The normalized spacial score (nSPS) is 36.2. The van der Waals surface area contributed by atoms with Crippen LogP contribution in [0.1, 0.15) is 39.5 Å². The van der Waals surface area contributed by atoms with Gasteiger partial charge in [0.1, 0.15) is 0 Å². The molecule has 2 aliphatic rings. The molecule has 0 bridgehead atoms. The fourth-order valence-electron chi connectivity index (χ4n) is 3.03. The Morgan fingerprint density at radius 3 is 2.62 bits per heavy atom. The number of ether oxygens (including phenoxy) is 1. The lowest BCUT2D eigenvalue weighted by molar-refractivity contribution is 0.0723. The molecule has 2 aliphatic heterocycles. The van der Waals surface area contributed by atoms with Crippen molar-refractivity contribution in [3.8, 4) is 0 Å². The number of nitrogens with zero attached hydrogens (tertiary/aromatic N) is 1. The Morgan fingerprint density at radius 2 is 2.00 bits per heavy atom. The van der Waals surface area contributed by atoms with Gasteiger partial charge in [0.25, 0.3) is 0 Å². The lowest BCUT2D eigenvalue weighted by Gasteiger charge is -2.39. The Morgan fingerprint density at radius 1 is 1.19 bits per heavy atom. The molecule has 16 heavy (non-hydrogen) atoms. The van der Waals surface area contributed by atoms with E-state index in [1.54, 1.807) is 0 Å². The average Bonchev–Trinajstić information content (AvgIpc) is 2.65. The summed E-state index contributed by atoms with van der Waals surface area (Å²) in [6.45, 7) is 9.62. The minimum absolute atomic E-state index is 0.153. The highest BCUT2D eigenvalue weighted by Crippen LogP contribution is 2.34. The Bertz CT molecular complexity index is 234. The van der Waals surface area contributed by atoms with Crippen molar-refractivity contribution in [2.45, 2.75) is 45.1 Å². The van der Waals surface area contributed by atoms with Crippen molar-refractivity contribution < 1.29 is 4.74 Å². The number of rotatable bonds is 2. The molecule has 1 atom stereocenters. The third-order valence-corrected chi connectivity index (χ3v) is 4.47. The molecule has 0 amide bonds. The first-order valence-corrected chi connectivity index (χ1v) is 6.61. The first kappa shape index (κ1) is 12.3. The summed E-state index contributed by atoms with van der Waals surface area (Å²) in [5.74, 6) is 0. The van der Waals surface area contributed by atoms with Gasteiger partial charge in [0.2, 0.25) is 0 Å². The van der Waals surface area contributed by atoms with E-state index in [-0.39, 0.29) is 5.54 Å². The summed E-state index contributed by atoms with van der Waals surface area (Å²) >= 11 is 0. The first-order chi connectivity index (χ1) is 7.58. The van der Waals surface area contributed by atoms with Crippen molar-refractivity contribution in [3.05, 3.63) is 0 Å². The van der Waals surface area contributed by atoms with E-state index in [0.717, 1.165) is 26.2 Å². The third-order valence-electron chi connectivity index (χ3n) is 4.47. The van der Waals surface area contributed by atoms with E-state index in [1.165, 1.54) is 32.4 Å². The van der Waals surface area contributed by atoms with Crippen molar-refractivity contribution in [2.75, 3.05) is 32.8 Å². The lowest BCUT2D eigenvalue weighted by Crippen LogP contribution is -2.55. The molecule has 1 unspecified atom stereocenters. The van der Waals surface area contributed by atoms with Crippen LogP contribution in [0.15, 0.2) is 0 Å². The van der Waals surface area contributed by atoms with E-state index >= 15 is 0 Å². The highest BCUT2D eigenvalue weighted by Gasteiger charge is 2.40. The van der Waals surface area contributed by atoms with E-state index in [9.17, 15) is 0 Å². The zero-order valence-electron chi connectivity index (χ0n) is 10.8. The molecule has 0 aromatic heterocycles. The molecule has 0 aromatic rings. The molecule has 2 heterocycles. The molecule has 0 spiro atoms. The molecule has 3 heteroatoms. The number of nitrogens with two attached hydrogens (primary N) is 1. The molecule has 3 nitrogen and oxygen atoms in total. The second-order valence-electron chi connectivity index (χ2n) is 6.24. The van der Waals surface area contributed by atoms with Gasteiger partial charge >= 0.3 is 0 Å². The molecule has 2 fully saturated rings. The van der Waals surface area contributed by atoms with Gasteiger partial charge in [0.05, 0.1) is 12.1 Å². The van der Waals surface area contributed by atoms with Crippen LogP contribution in [0.5, 0.6) is 0 Å². The number of hydrogen-bond acceptors (Lipinski definition) is 3. The van der Waals surface area contributed by atoms with E-state index in [2.05, 4.69) is 18.7 Å². The highest BCUT2D eigenvalue weighted by molar-refractivity contribution is 4.96. The maximum absolute atomic E-state index is 6.00. The van der Waals surface area contributed by atoms with Crippen LogP contribution in [0.25, 0.3) is 0 Å². The van der Waals surface area contributed by atoms with Gasteiger partial charge in [-0.3, -0.25) is 4.90 Å². The van der Waals surface area contributed by atoms with Crippen LogP contribution in [-0.2, 0) is 4.74 Å². The minimum atomic E-state index is 0.153. The van der Waals surface area contributed by atoms with E-state index in [4.69, 9.17) is 10.5 Å². The first-order valence-electron chi connectivity index (χ1n) is 6.61. The molecule has 0 aliphatic carbocycles. The molecule has 0 aromatic carbocycles. The molecule has 2 saturated heterocycles. The summed E-state index contributed by atoms with van der Waals surface area (Å²) in [5.41, 5.74) is 6.65. The van der Waals surface area contributed by atoms with Crippen LogP contribution in [0, 0.1) is 5.41 Å². The van der Waals surface area contributed by atoms with Crippen molar-refractivity contribution in [2.24, 2.45) is 11.1 Å². The van der Waals surface area contributed by atoms with Gasteiger partial charge in [-0.2, -0.15) is 0 Å². The second kappa shape index (κ2) is 4.63. The van der Waals surface area contributed by atoms with Gasteiger partial charge < -0.3 is 10.5 Å². The standard InChI is InChI=1S/C13H26N2O/c1-12(2)4-3-7-15(8-5-12)13(10-14)6-9-16-11-13/h3-11,14H2,1-2H3. The zero-order chi connectivity index (χ0) is 11.6. The van der Waals surface area contributed by atoms with Gasteiger partial charge in [-0.05, 0) is 44.2 Å². The largest absolute Gasteiger partial charge is 0.379 e. The van der Waals surface area contributed by atoms with Gasteiger partial charge in [-0.1, -0.05) is 13.8 Å². The Hall–Kier alpha value is -0.120. The quantitative estimate of drug-likeness (QED) is 0.777.